The molecular weight excluding hydrogens is 242 g/mol. The summed E-state index contributed by atoms with van der Waals surface area (Å²) in [6.07, 6.45) is 0.543. The summed E-state index contributed by atoms with van der Waals surface area (Å²) in [7, 11) is -2.15. The van der Waals surface area contributed by atoms with Crippen molar-refractivity contribution in [2.45, 2.75) is 18.1 Å². The number of sulfonamides is 1. The Morgan fingerprint density at radius 3 is 2.73 bits per heavy atom. The molecule has 0 aliphatic carbocycles. The minimum absolute atomic E-state index is 0.0353. The first kappa shape index (κ1) is 12.4. The van der Waals surface area contributed by atoms with E-state index in [1.165, 1.54) is 17.8 Å². The summed E-state index contributed by atoms with van der Waals surface area (Å²) < 4.78 is 26.8. The fourth-order valence-electron chi connectivity index (χ4n) is 0.873. The highest BCUT2D eigenvalue weighted by atomic mass is 35.5. The van der Waals surface area contributed by atoms with E-state index in [9.17, 15) is 8.42 Å². The Hall–Kier alpha value is -0.630. The molecule has 0 aromatic carbocycles. The van der Waals surface area contributed by atoms with Gasteiger partial charge in [0.05, 0.1) is 12.4 Å². The first-order chi connectivity index (χ1) is 6.84. The van der Waals surface area contributed by atoms with Crippen LogP contribution in [0, 0.1) is 0 Å². The van der Waals surface area contributed by atoms with Gasteiger partial charge in [0.1, 0.15) is 5.15 Å². The number of hydrogen-bond donors (Lipinski definition) is 2. The summed E-state index contributed by atoms with van der Waals surface area (Å²) in [5.41, 5.74) is 0. The van der Waals surface area contributed by atoms with Gasteiger partial charge < -0.3 is 9.67 Å². The highest BCUT2D eigenvalue weighted by molar-refractivity contribution is 7.89. The summed E-state index contributed by atoms with van der Waals surface area (Å²) in [5.74, 6) is 0. The lowest BCUT2D eigenvalue weighted by Crippen LogP contribution is -2.31. The van der Waals surface area contributed by atoms with Crippen molar-refractivity contribution in [3.63, 3.8) is 0 Å². The maximum absolute atomic E-state index is 11.6. The Balaban J connectivity index is 2.92. The van der Waals surface area contributed by atoms with Gasteiger partial charge in [-0.2, -0.15) is 0 Å². The van der Waals surface area contributed by atoms with Gasteiger partial charge in [0.25, 0.3) is 10.0 Å². The molecule has 0 amide bonds. The molecule has 2 N–H and O–H groups in total. The van der Waals surface area contributed by atoms with Gasteiger partial charge in [-0.05, 0) is 6.92 Å². The summed E-state index contributed by atoms with van der Waals surface area (Å²) >= 11 is 5.73. The van der Waals surface area contributed by atoms with Crippen LogP contribution >= 0.6 is 11.6 Å². The van der Waals surface area contributed by atoms with Crippen molar-refractivity contribution in [1.29, 1.82) is 0 Å². The van der Waals surface area contributed by atoms with Crippen molar-refractivity contribution in [3.05, 3.63) is 11.5 Å². The standard InChI is InChI=1S/C7H12ClN3O3S/c1-5(12)3-10-15(13,14)7-6(8)11(2)4-9-7/h4-5,10,12H,3H2,1-2H3/t5-/m1/s1. The Kier molecular flexibility index (Phi) is 3.72. The highest BCUT2D eigenvalue weighted by Crippen LogP contribution is 2.17. The minimum Gasteiger partial charge on any atom is -0.392 e. The number of imidazole rings is 1. The molecule has 1 rings (SSSR count). The fourth-order valence-corrected chi connectivity index (χ4v) is 2.42. The zero-order chi connectivity index (χ0) is 11.6. The average Bonchev–Trinajstić information content (AvgIpc) is 2.45. The third-order valence-corrected chi connectivity index (χ3v) is 3.57. The molecule has 1 aromatic rings. The monoisotopic (exact) mass is 253 g/mol. The van der Waals surface area contributed by atoms with E-state index in [2.05, 4.69) is 9.71 Å². The van der Waals surface area contributed by atoms with E-state index in [1.54, 1.807) is 7.05 Å². The van der Waals surface area contributed by atoms with Crippen LogP contribution in [0.5, 0.6) is 0 Å². The molecule has 0 aliphatic heterocycles. The number of aryl methyl sites for hydroxylation is 1. The van der Waals surface area contributed by atoms with Crippen LogP contribution in [0.15, 0.2) is 11.4 Å². The molecule has 0 aliphatic rings. The number of nitrogens with zero attached hydrogens (tertiary/aromatic N) is 2. The van der Waals surface area contributed by atoms with E-state index in [0.29, 0.717) is 0 Å². The lowest BCUT2D eigenvalue weighted by molar-refractivity contribution is 0.198. The SMILES string of the molecule is C[C@@H](O)CNS(=O)(=O)c1ncn(C)c1Cl. The van der Waals surface area contributed by atoms with Gasteiger partial charge in [0.2, 0.25) is 5.03 Å². The Morgan fingerprint density at radius 2 is 2.33 bits per heavy atom. The Bertz CT molecular complexity index is 440. The first-order valence-corrected chi connectivity index (χ1v) is 6.05. The van der Waals surface area contributed by atoms with E-state index >= 15 is 0 Å². The van der Waals surface area contributed by atoms with Crippen LogP contribution in [0.2, 0.25) is 5.15 Å². The second kappa shape index (κ2) is 4.48. The van der Waals surface area contributed by atoms with E-state index in [4.69, 9.17) is 16.7 Å². The third-order valence-electron chi connectivity index (χ3n) is 1.66. The van der Waals surface area contributed by atoms with Crippen LogP contribution in [-0.4, -0.2) is 35.7 Å². The molecule has 1 atom stereocenters. The van der Waals surface area contributed by atoms with E-state index < -0.39 is 16.1 Å². The number of halogens is 1. The van der Waals surface area contributed by atoms with E-state index in [1.807, 2.05) is 0 Å². The van der Waals surface area contributed by atoms with Gasteiger partial charge in [0, 0.05) is 13.6 Å². The third kappa shape index (κ3) is 2.91. The van der Waals surface area contributed by atoms with Crippen LogP contribution in [0.4, 0.5) is 0 Å². The van der Waals surface area contributed by atoms with Crippen molar-refractivity contribution in [1.82, 2.24) is 14.3 Å². The van der Waals surface area contributed by atoms with E-state index in [0.717, 1.165) is 0 Å². The summed E-state index contributed by atoms with van der Waals surface area (Å²) in [5, 5.41) is 8.76. The van der Waals surface area contributed by atoms with Crippen LogP contribution in [-0.2, 0) is 17.1 Å². The molecular formula is C7H12ClN3O3S. The summed E-state index contributed by atoms with van der Waals surface area (Å²) in [4.78, 5) is 3.66. The second-order valence-corrected chi connectivity index (χ2v) is 5.19. The van der Waals surface area contributed by atoms with Crippen molar-refractivity contribution in [3.8, 4) is 0 Å². The zero-order valence-electron chi connectivity index (χ0n) is 8.31. The molecule has 0 radical (unpaired) electrons. The number of rotatable bonds is 4. The number of hydrogen-bond acceptors (Lipinski definition) is 4. The maximum Gasteiger partial charge on any atom is 0.261 e. The number of aliphatic hydroxyl groups is 1. The van der Waals surface area contributed by atoms with Crippen LogP contribution in [0.3, 0.4) is 0 Å². The number of nitrogens with one attached hydrogen (secondary N) is 1. The molecule has 0 bridgehead atoms. The molecule has 0 unspecified atom stereocenters. The van der Waals surface area contributed by atoms with Crippen molar-refractivity contribution in [2.24, 2.45) is 7.05 Å². The molecule has 8 heteroatoms. The zero-order valence-corrected chi connectivity index (χ0v) is 9.88. The smallest absolute Gasteiger partial charge is 0.261 e. The molecule has 6 nitrogen and oxygen atoms in total. The predicted octanol–water partition coefficient (Wildman–Crippen LogP) is -0.267. The molecule has 0 saturated carbocycles. The predicted molar refractivity (Wildman–Crippen MR) is 55.1 cm³/mol. The van der Waals surface area contributed by atoms with Crippen LogP contribution < -0.4 is 4.72 Å². The van der Waals surface area contributed by atoms with Gasteiger partial charge >= 0.3 is 0 Å². The highest BCUT2D eigenvalue weighted by Gasteiger charge is 2.22. The fraction of sp³-hybridized carbons (Fsp3) is 0.571. The first-order valence-electron chi connectivity index (χ1n) is 4.19. The average molecular weight is 254 g/mol. The molecule has 0 saturated heterocycles. The maximum atomic E-state index is 11.6. The van der Waals surface area contributed by atoms with Gasteiger partial charge in [-0.25, -0.2) is 18.1 Å². The molecule has 15 heavy (non-hydrogen) atoms. The van der Waals surface area contributed by atoms with E-state index in [-0.39, 0.29) is 16.7 Å². The van der Waals surface area contributed by atoms with Gasteiger partial charge in [-0.15, -0.1) is 0 Å². The van der Waals surface area contributed by atoms with Crippen molar-refractivity contribution >= 4 is 21.6 Å². The summed E-state index contributed by atoms with van der Waals surface area (Å²) in [6.45, 7) is 1.40. The second-order valence-electron chi connectivity index (χ2n) is 3.15. The number of aromatic nitrogens is 2. The largest absolute Gasteiger partial charge is 0.392 e. The minimum atomic E-state index is -3.74. The number of aliphatic hydroxyl groups excluding tert-OH is 1. The molecule has 1 heterocycles. The molecule has 0 spiro atoms. The van der Waals surface area contributed by atoms with Crippen molar-refractivity contribution in [2.75, 3.05) is 6.54 Å². The lowest BCUT2D eigenvalue weighted by atomic mass is 10.4. The van der Waals surface area contributed by atoms with Gasteiger partial charge in [-0.3, -0.25) is 0 Å². The van der Waals surface area contributed by atoms with Gasteiger partial charge in [-0.1, -0.05) is 11.6 Å². The summed E-state index contributed by atoms with van der Waals surface area (Å²) in [6, 6.07) is 0. The molecule has 0 fully saturated rings. The Morgan fingerprint density at radius 1 is 1.73 bits per heavy atom. The molecule has 1 aromatic heterocycles. The van der Waals surface area contributed by atoms with Gasteiger partial charge in [0.15, 0.2) is 0 Å². The Labute approximate surface area is 92.9 Å². The van der Waals surface area contributed by atoms with Crippen LogP contribution in [0.25, 0.3) is 0 Å². The van der Waals surface area contributed by atoms with Crippen LogP contribution in [0.1, 0.15) is 6.92 Å². The lowest BCUT2D eigenvalue weighted by Gasteiger charge is -2.06. The molecule has 86 valence electrons. The normalized spacial score (nSPS) is 14.1. The van der Waals surface area contributed by atoms with Crippen molar-refractivity contribution < 1.29 is 13.5 Å². The quantitative estimate of drug-likeness (QED) is 0.774. The topological polar surface area (TPSA) is 84.2 Å².